The fourth-order valence-electron chi connectivity index (χ4n) is 11.4. The van der Waals surface area contributed by atoms with Crippen molar-refractivity contribution in [3.8, 4) is 44.5 Å². The summed E-state index contributed by atoms with van der Waals surface area (Å²) in [7, 11) is 0. The van der Waals surface area contributed by atoms with Crippen molar-refractivity contribution in [2.75, 3.05) is 4.90 Å². The summed E-state index contributed by atoms with van der Waals surface area (Å²) in [5.41, 5.74) is 14.3. The van der Waals surface area contributed by atoms with E-state index >= 15 is 0 Å². The highest BCUT2D eigenvalue weighted by atomic mass is 15.3. The molecule has 1 aliphatic heterocycles. The Labute approximate surface area is 350 Å². The zero-order chi connectivity index (χ0) is 39.7. The Balaban J connectivity index is 1.16. The minimum absolute atomic E-state index is 0.0535. The molecule has 1 heteroatoms. The van der Waals surface area contributed by atoms with Gasteiger partial charge in [-0.2, -0.15) is 0 Å². The highest BCUT2D eigenvalue weighted by molar-refractivity contribution is 6.32. The molecule has 1 nitrogen and oxygen atoms in total. The lowest BCUT2D eigenvalue weighted by Gasteiger charge is -2.29. The van der Waals surface area contributed by atoms with Crippen LogP contribution in [0.2, 0.25) is 0 Å². The summed E-state index contributed by atoms with van der Waals surface area (Å²) in [5.74, 6) is 0. The number of nitrogens with zero attached hydrogens (tertiary/aromatic N) is 1. The van der Waals surface area contributed by atoms with Crippen LogP contribution in [0.1, 0.15) is 25.8 Å². The SMILES string of the molecule is CC12CC1(C)N(c1ccccc1)c1ccc(-c3cc(-c4cccc5ccccc45)c4ccc5c(-c6ccccc6)cc(-c6cccc7ccccc67)c6ccc3c4c56)cc12. The molecule has 0 aromatic heterocycles. The molecule has 1 aliphatic carbocycles. The van der Waals surface area contributed by atoms with Gasteiger partial charge in [0.15, 0.2) is 0 Å². The zero-order valence-electron chi connectivity index (χ0n) is 33.7. The van der Waals surface area contributed by atoms with Crippen LogP contribution in [0, 0.1) is 0 Å². The molecule has 1 saturated carbocycles. The van der Waals surface area contributed by atoms with E-state index in [-0.39, 0.29) is 11.0 Å². The summed E-state index contributed by atoms with van der Waals surface area (Å²) < 4.78 is 0. The molecule has 11 aromatic rings. The predicted octanol–water partition coefficient (Wildman–Crippen LogP) is 16.1. The van der Waals surface area contributed by atoms with Crippen molar-refractivity contribution in [1.29, 1.82) is 0 Å². The third-order valence-corrected chi connectivity index (χ3v) is 14.6. The number of hydrogen-bond donors (Lipinski definition) is 0. The molecule has 0 bridgehead atoms. The largest absolute Gasteiger partial charge is 0.334 e. The Morgan fingerprint density at radius 1 is 0.367 bits per heavy atom. The molecular formula is C59H41N. The lowest BCUT2D eigenvalue weighted by Crippen LogP contribution is -2.30. The second kappa shape index (κ2) is 12.2. The lowest BCUT2D eigenvalue weighted by atomic mass is 9.80. The molecule has 2 atom stereocenters. The number of para-hydroxylation sites is 1. The van der Waals surface area contributed by atoms with Gasteiger partial charge in [0, 0.05) is 16.8 Å². The predicted molar refractivity (Wildman–Crippen MR) is 256 cm³/mol. The van der Waals surface area contributed by atoms with Crippen molar-refractivity contribution in [2.24, 2.45) is 0 Å². The summed E-state index contributed by atoms with van der Waals surface area (Å²) in [5, 5.41) is 12.9. The van der Waals surface area contributed by atoms with E-state index < -0.39 is 0 Å². The Morgan fingerprint density at radius 2 is 0.850 bits per heavy atom. The summed E-state index contributed by atoms with van der Waals surface area (Å²) in [4.78, 5) is 2.61. The van der Waals surface area contributed by atoms with Gasteiger partial charge in [0.1, 0.15) is 0 Å². The minimum Gasteiger partial charge on any atom is -0.334 e. The van der Waals surface area contributed by atoms with Crippen LogP contribution in [0.5, 0.6) is 0 Å². The average Bonchev–Trinajstić information content (AvgIpc) is 3.82. The van der Waals surface area contributed by atoms with Gasteiger partial charge in [-0.05, 0) is 154 Å². The maximum Gasteiger partial charge on any atom is 0.0528 e. The second-order valence-electron chi connectivity index (χ2n) is 17.6. The van der Waals surface area contributed by atoms with Gasteiger partial charge < -0.3 is 4.90 Å². The van der Waals surface area contributed by atoms with Crippen LogP contribution in [-0.2, 0) is 5.41 Å². The average molecular weight is 764 g/mol. The molecule has 13 rings (SSSR count). The van der Waals surface area contributed by atoms with Gasteiger partial charge in [-0.1, -0.05) is 171 Å². The Bertz CT molecular complexity index is 3540. The first-order valence-electron chi connectivity index (χ1n) is 21.3. The Hall–Kier alpha value is -7.22. The van der Waals surface area contributed by atoms with E-state index in [2.05, 4.69) is 219 Å². The number of benzene rings is 11. The fraction of sp³-hybridized carbons (Fsp3) is 0.0847. The summed E-state index contributed by atoms with van der Waals surface area (Å²) in [6, 6.07) is 75.1. The number of fused-ring (bicyclic) bond motifs is 5. The molecule has 0 N–H and O–H groups in total. The highest BCUT2D eigenvalue weighted by Gasteiger charge is 2.70. The molecule has 60 heavy (non-hydrogen) atoms. The zero-order valence-corrected chi connectivity index (χ0v) is 33.7. The summed E-state index contributed by atoms with van der Waals surface area (Å²) >= 11 is 0. The molecule has 1 heterocycles. The molecule has 0 spiro atoms. The first-order valence-corrected chi connectivity index (χ1v) is 21.3. The number of anilines is 2. The standard InChI is InChI=1S/C59H41N/c1-58-36-59(58,2)60(41-21-7-4-8-22-41)55-32-27-40(33-54(55)58)51-35-53(45-26-14-20-38-18-10-12-24-43(38)45)49-30-28-46-50(39-15-5-3-6-16-39)34-52(48-31-29-47(51)57(49)56(46)48)44-25-13-19-37-17-9-11-23-42(37)44/h3-35H,36H2,1-2H3. The molecule has 2 unspecified atom stereocenters. The highest BCUT2D eigenvalue weighted by Crippen LogP contribution is 2.70. The molecule has 0 radical (unpaired) electrons. The van der Waals surface area contributed by atoms with Crippen LogP contribution < -0.4 is 4.90 Å². The van der Waals surface area contributed by atoms with Crippen molar-refractivity contribution in [1.82, 2.24) is 0 Å². The monoisotopic (exact) mass is 763 g/mol. The van der Waals surface area contributed by atoms with Gasteiger partial charge in [0.2, 0.25) is 0 Å². The van der Waals surface area contributed by atoms with Crippen LogP contribution >= 0.6 is 0 Å². The topological polar surface area (TPSA) is 3.24 Å². The smallest absolute Gasteiger partial charge is 0.0528 e. The van der Waals surface area contributed by atoms with Crippen molar-refractivity contribution in [3.63, 3.8) is 0 Å². The van der Waals surface area contributed by atoms with Crippen molar-refractivity contribution >= 4 is 65.2 Å². The maximum atomic E-state index is 2.61. The third kappa shape index (κ3) is 4.52. The van der Waals surface area contributed by atoms with E-state index in [0.717, 1.165) is 6.42 Å². The van der Waals surface area contributed by atoms with Crippen LogP contribution in [-0.4, -0.2) is 5.54 Å². The fourth-order valence-corrected chi connectivity index (χ4v) is 11.4. The quantitative estimate of drug-likeness (QED) is 0.158. The van der Waals surface area contributed by atoms with Gasteiger partial charge in [0.25, 0.3) is 0 Å². The molecule has 11 aromatic carbocycles. The minimum atomic E-state index is 0.0535. The molecule has 2 aliphatic rings. The number of hydrogen-bond acceptors (Lipinski definition) is 1. The van der Waals surface area contributed by atoms with Crippen LogP contribution in [0.3, 0.4) is 0 Å². The van der Waals surface area contributed by atoms with Crippen LogP contribution in [0.15, 0.2) is 200 Å². The summed E-state index contributed by atoms with van der Waals surface area (Å²) in [6.45, 7) is 4.93. The van der Waals surface area contributed by atoms with Gasteiger partial charge in [0.05, 0.1) is 5.54 Å². The van der Waals surface area contributed by atoms with Crippen molar-refractivity contribution in [3.05, 3.63) is 206 Å². The van der Waals surface area contributed by atoms with Crippen molar-refractivity contribution < 1.29 is 0 Å². The number of rotatable bonds is 5. The van der Waals surface area contributed by atoms with E-state index in [1.54, 1.807) is 0 Å². The molecule has 0 amide bonds. The first kappa shape index (κ1) is 33.7. The van der Waals surface area contributed by atoms with E-state index in [1.807, 2.05) is 0 Å². The van der Waals surface area contributed by atoms with Gasteiger partial charge in [-0.25, -0.2) is 0 Å². The maximum absolute atomic E-state index is 2.61. The van der Waals surface area contributed by atoms with Gasteiger partial charge in [-0.3, -0.25) is 0 Å². The first-order chi connectivity index (χ1) is 29.5. The Kier molecular flexibility index (Phi) is 6.84. The third-order valence-electron chi connectivity index (χ3n) is 14.6. The molecule has 282 valence electrons. The van der Waals surface area contributed by atoms with Crippen LogP contribution in [0.4, 0.5) is 11.4 Å². The van der Waals surface area contributed by atoms with E-state index in [1.165, 1.54) is 115 Å². The lowest BCUT2D eigenvalue weighted by molar-refractivity contribution is 0.639. The van der Waals surface area contributed by atoms with Gasteiger partial charge >= 0.3 is 0 Å². The van der Waals surface area contributed by atoms with Crippen LogP contribution in [0.25, 0.3) is 98.4 Å². The second-order valence-corrected chi connectivity index (χ2v) is 17.6. The van der Waals surface area contributed by atoms with E-state index in [0.29, 0.717) is 0 Å². The van der Waals surface area contributed by atoms with E-state index in [4.69, 9.17) is 0 Å². The van der Waals surface area contributed by atoms with E-state index in [9.17, 15) is 0 Å². The molecule has 1 fully saturated rings. The normalized spacial score (nSPS) is 18.2. The van der Waals surface area contributed by atoms with Gasteiger partial charge in [-0.15, -0.1) is 0 Å². The van der Waals surface area contributed by atoms with Crippen molar-refractivity contribution in [2.45, 2.75) is 31.2 Å². The Morgan fingerprint density at radius 3 is 1.43 bits per heavy atom. The summed E-state index contributed by atoms with van der Waals surface area (Å²) in [6.07, 6.45) is 1.14. The molecular weight excluding hydrogens is 723 g/mol. The molecule has 0 saturated heterocycles.